The highest BCUT2D eigenvalue weighted by atomic mass is 14.2. The van der Waals surface area contributed by atoms with Crippen LogP contribution in [0.2, 0.25) is 11.6 Å². The van der Waals surface area contributed by atoms with Gasteiger partial charge in [-0.1, -0.05) is 23.8 Å². The minimum absolute atomic E-state index is 0.891. The molecule has 0 aliphatic heterocycles. The fraction of sp³-hybridized carbons (Fsp3) is 0.667. The van der Waals surface area contributed by atoms with Crippen LogP contribution in [-0.2, 0) is 0 Å². The third-order valence-electron chi connectivity index (χ3n) is 2.19. The van der Waals surface area contributed by atoms with Crippen LogP contribution in [0.1, 0.15) is 12.8 Å². The van der Waals surface area contributed by atoms with Gasteiger partial charge in [0, 0.05) is 0 Å². The Hall–Kier alpha value is -0.130. The highest BCUT2D eigenvalue weighted by Crippen LogP contribution is 2.39. The van der Waals surface area contributed by atoms with E-state index in [0.29, 0.717) is 0 Å². The summed E-state index contributed by atoms with van der Waals surface area (Å²) in [5.41, 5.74) is 1.45. The van der Waals surface area contributed by atoms with Gasteiger partial charge >= 0.3 is 0 Å². The van der Waals surface area contributed by atoms with Crippen molar-refractivity contribution in [2.24, 2.45) is 0 Å². The van der Waals surface area contributed by atoms with Crippen LogP contribution in [0, 0.1) is 0 Å². The highest BCUT2D eigenvalue weighted by Gasteiger charge is 2.20. The summed E-state index contributed by atoms with van der Waals surface area (Å²) in [6, 6.07) is 0. The lowest BCUT2D eigenvalue weighted by Gasteiger charge is -2.04. The topological polar surface area (TPSA) is 0 Å². The Bertz CT molecular complexity index is 97.1. The molecule has 0 aromatic rings. The monoisotopic (exact) mass is 106 g/mol. The van der Waals surface area contributed by atoms with Gasteiger partial charge in [0.1, 0.15) is 15.7 Å². The summed E-state index contributed by atoms with van der Waals surface area (Å²) in [4.78, 5) is 0. The van der Waals surface area contributed by atoms with Gasteiger partial charge < -0.3 is 0 Å². The Kier molecular flexibility index (Phi) is 1.50. The molecule has 0 aromatic carbocycles. The second kappa shape index (κ2) is 2.00. The van der Waals surface area contributed by atoms with Crippen molar-refractivity contribution in [3.8, 4) is 0 Å². The predicted octanol–water partition coefficient (Wildman–Crippen LogP) is 0.180. The van der Waals surface area contributed by atoms with E-state index in [1.54, 1.807) is 0 Å². The van der Waals surface area contributed by atoms with Crippen molar-refractivity contribution in [3.63, 3.8) is 0 Å². The van der Waals surface area contributed by atoms with Crippen molar-refractivity contribution >= 4 is 15.7 Å². The average molecular weight is 106 g/mol. The van der Waals surface area contributed by atoms with Gasteiger partial charge in [-0.2, -0.15) is 0 Å². The molecule has 0 heterocycles. The van der Waals surface area contributed by atoms with Crippen molar-refractivity contribution in [3.05, 3.63) is 12.2 Å². The SMILES string of the molecule is BC1CC(=C)CC1B. The largest absolute Gasteiger partial charge is 0.105 e. The zero-order valence-electron chi connectivity index (χ0n) is 5.78. The molecule has 0 amide bonds. The molecule has 1 rings (SSSR count). The van der Waals surface area contributed by atoms with E-state index in [4.69, 9.17) is 0 Å². The lowest BCUT2D eigenvalue weighted by Crippen LogP contribution is -1.92. The lowest BCUT2D eigenvalue weighted by molar-refractivity contribution is 0.875. The average Bonchev–Trinajstić information content (AvgIpc) is 1.85. The fourth-order valence-electron chi connectivity index (χ4n) is 1.40. The zero-order chi connectivity index (χ0) is 6.15. The van der Waals surface area contributed by atoms with E-state index in [-0.39, 0.29) is 0 Å². The van der Waals surface area contributed by atoms with Gasteiger partial charge in [0.2, 0.25) is 0 Å². The minimum atomic E-state index is 0.891. The normalized spacial score (nSPS) is 38.2. The molecule has 0 bridgehead atoms. The summed E-state index contributed by atoms with van der Waals surface area (Å²) in [6.45, 7) is 3.96. The zero-order valence-corrected chi connectivity index (χ0v) is 5.78. The maximum Gasteiger partial charge on any atom is 0.105 e. The molecule has 1 aliphatic rings. The summed E-state index contributed by atoms with van der Waals surface area (Å²) in [7, 11) is 4.62. The van der Waals surface area contributed by atoms with Gasteiger partial charge in [0.15, 0.2) is 0 Å². The molecule has 1 fully saturated rings. The van der Waals surface area contributed by atoms with Crippen LogP contribution >= 0.6 is 0 Å². The molecule has 1 aliphatic carbocycles. The molecule has 0 saturated heterocycles. The summed E-state index contributed by atoms with van der Waals surface area (Å²) >= 11 is 0. The quantitative estimate of drug-likeness (QED) is 0.305. The molecule has 0 nitrogen and oxygen atoms in total. The Balaban J connectivity index is 2.51. The molecular weight excluding hydrogens is 93.7 g/mol. The maximum atomic E-state index is 3.96. The number of hydrogen-bond acceptors (Lipinski definition) is 0. The van der Waals surface area contributed by atoms with Crippen LogP contribution in [-0.4, -0.2) is 15.7 Å². The summed E-state index contributed by atoms with van der Waals surface area (Å²) in [5.74, 6) is 1.78. The van der Waals surface area contributed by atoms with E-state index in [9.17, 15) is 0 Å². The van der Waals surface area contributed by atoms with Crippen LogP contribution in [0.3, 0.4) is 0 Å². The third-order valence-corrected chi connectivity index (χ3v) is 2.19. The van der Waals surface area contributed by atoms with Gasteiger partial charge in [-0.25, -0.2) is 0 Å². The van der Waals surface area contributed by atoms with Crippen LogP contribution in [0.5, 0.6) is 0 Å². The molecular formula is C6H12B2. The van der Waals surface area contributed by atoms with Crippen molar-refractivity contribution in [1.29, 1.82) is 0 Å². The van der Waals surface area contributed by atoms with E-state index >= 15 is 0 Å². The molecule has 2 atom stereocenters. The minimum Gasteiger partial charge on any atom is -0.0999 e. The molecule has 2 unspecified atom stereocenters. The van der Waals surface area contributed by atoms with Crippen molar-refractivity contribution in [2.45, 2.75) is 24.5 Å². The first-order chi connectivity index (χ1) is 3.70. The Labute approximate surface area is 53.2 Å². The molecule has 0 N–H and O–H groups in total. The van der Waals surface area contributed by atoms with Crippen molar-refractivity contribution < 1.29 is 0 Å². The van der Waals surface area contributed by atoms with Crippen LogP contribution in [0.4, 0.5) is 0 Å². The first-order valence-electron chi connectivity index (χ1n) is 3.37. The predicted molar refractivity (Wildman–Crippen MR) is 43.0 cm³/mol. The Morgan fingerprint density at radius 1 is 1.25 bits per heavy atom. The van der Waals surface area contributed by atoms with Crippen molar-refractivity contribution in [1.82, 2.24) is 0 Å². The number of allylic oxidation sites excluding steroid dienone is 1. The van der Waals surface area contributed by atoms with Crippen LogP contribution in [0.15, 0.2) is 12.2 Å². The van der Waals surface area contributed by atoms with E-state index < -0.39 is 0 Å². The Morgan fingerprint density at radius 3 is 1.75 bits per heavy atom. The maximum absolute atomic E-state index is 3.96. The van der Waals surface area contributed by atoms with Gasteiger partial charge in [0.05, 0.1) is 0 Å². The van der Waals surface area contributed by atoms with Gasteiger partial charge in [-0.3, -0.25) is 0 Å². The summed E-state index contributed by atoms with van der Waals surface area (Å²) in [5, 5.41) is 0. The molecule has 0 radical (unpaired) electrons. The Morgan fingerprint density at radius 2 is 1.62 bits per heavy atom. The first-order valence-corrected chi connectivity index (χ1v) is 3.37. The van der Waals surface area contributed by atoms with Gasteiger partial charge in [0.25, 0.3) is 0 Å². The molecule has 0 aromatic heterocycles. The van der Waals surface area contributed by atoms with E-state index in [1.165, 1.54) is 18.4 Å². The van der Waals surface area contributed by atoms with Gasteiger partial charge in [-0.05, 0) is 12.8 Å². The standard InChI is InChI=1S/C6H12B2/c1-4-2-5(7)6(8)3-4/h5-6H,1-3,7-8H2. The smallest absolute Gasteiger partial charge is 0.0999 e. The van der Waals surface area contributed by atoms with E-state index in [1.807, 2.05) is 0 Å². The lowest BCUT2D eigenvalue weighted by atomic mass is 9.69. The number of hydrogen-bond donors (Lipinski definition) is 0. The first kappa shape index (κ1) is 6.00. The van der Waals surface area contributed by atoms with Crippen LogP contribution in [0.25, 0.3) is 0 Å². The molecule has 0 spiro atoms. The second-order valence-corrected chi connectivity index (χ2v) is 3.11. The van der Waals surface area contributed by atoms with Crippen LogP contribution < -0.4 is 0 Å². The third kappa shape index (κ3) is 0.988. The van der Waals surface area contributed by atoms with Crippen molar-refractivity contribution in [2.75, 3.05) is 0 Å². The fourth-order valence-corrected chi connectivity index (χ4v) is 1.40. The molecule has 8 heavy (non-hydrogen) atoms. The summed E-state index contributed by atoms with van der Waals surface area (Å²) in [6.07, 6.45) is 2.53. The highest BCUT2D eigenvalue weighted by molar-refractivity contribution is 6.22. The van der Waals surface area contributed by atoms with E-state index in [0.717, 1.165) is 11.6 Å². The van der Waals surface area contributed by atoms with E-state index in [2.05, 4.69) is 22.3 Å². The summed E-state index contributed by atoms with van der Waals surface area (Å²) < 4.78 is 0. The molecule has 2 heteroatoms. The molecule has 1 saturated carbocycles. The molecule has 42 valence electrons. The van der Waals surface area contributed by atoms with Gasteiger partial charge in [-0.15, -0.1) is 0 Å². The second-order valence-electron chi connectivity index (χ2n) is 3.11. The number of rotatable bonds is 0.